The van der Waals surface area contributed by atoms with E-state index in [-0.39, 0.29) is 34.8 Å². The Morgan fingerprint density at radius 3 is 2.50 bits per heavy atom. The third kappa shape index (κ3) is 4.64. The lowest BCUT2D eigenvalue weighted by atomic mass is 9.81. The first-order chi connectivity index (χ1) is 17.1. The van der Waals surface area contributed by atoms with Gasteiger partial charge in [0.15, 0.2) is 22.5 Å². The van der Waals surface area contributed by atoms with Crippen LogP contribution >= 0.6 is 11.6 Å². The van der Waals surface area contributed by atoms with Crippen LogP contribution < -0.4 is 9.92 Å². The van der Waals surface area contributed by atoms with Gasteiger partial charge in [0, 0.05) is 25.9 Å². The molecule has 2 N–H and O–H groups in total. The monoisotopic (exact) mass is 532 g/mol. The maximum Gasteiger partial charge on any atom is 0.311 e. The Hall–Kier alpha value is -3.54. The molecule has 0 saturated carbocycles. The molecule has 1 aliphatic rings. The molecule has 0 saturated heterocycles. The van der Waals surface area contributed by atoms with Crippen LogP contribution in [0.3, 0.4) is 0 Å². The Labute approximate surface area is 212 Å². The van der Waals surface area contributed by atoms with E-state index in [4.69, 9.17) is 26.3 Å². The minimum atomic E-state index is -3.87. The van der Waals surface area contributed by atoms with E-state index in [1.54, 1.807) is 24.3 Å². The standard InChI is InChI=1S/C24H22ClFN4O5S/c1-30-22(31)24(29-23(30)27,16-6-8-18(9-7-16)35-36(32,33)13-12-34-2)17-5-3-4-15(14-17)19-10-11-28-21(25)20(19)26/h3-11,14H,12-13H2,1-2H3,(H2,27,29). The summed E-state index contributed by atoms with van der Waals surface area (Å²) in [7, 11) is -0.985. The van der Waals surface area contributed by atoms with Crippen LogP contribution in [0.1, 0.15) is 11.1 Å². The second-order valence-corrected chi connectivity index (χ2v) is 10.00. The van der Waals surface area contributed by atoms with Crippen molar-refractivity contribution in [2.24, 2.45) is 10.7 Å². The average molecular weight is 533 g/mol. The van der Waals surface area contributed by atoms with Gasteiger partial charge in [-0.25, -0.2) is 14.4 Å². The number of nitrogens with zero attached hydrogens (tertiary/aromatic N) is 3. The number of methoxy groups -OCH3 is 1. The highest BCUT2D eigenvalue weighted by atomic mass is 35.5. The van der Waals surface area contributed by atoms with E-state index in [1.165, 1.54) is 55.6 Å². The van der Waals surface area contributed by atoms with Gasteiger partial charge in [-0.2, -0.15) is 8.42 Å². The molecular formula is C24H22ClFN4O5S. The number of hydrogen-bond donors (Lipinski definition) is 1. The number of halogens is 2. The van der Waals surface area contributed by atoms with Crippen LogP contribution in [-0.2, 0) is 25.2 Å². The van der Waals surface area contributed by atoms with Crippen LogP contribution in [0.4, 0.5) is 4.39 Å². The quantitative estimate of drug-likeness (QED) is 0.349. The number of hydrogen-bond acceptors (Lipinski definition) is 8. The number of ether oxygens (including phenoxy) is 1. The molecule has 1 amide bonds. The van der Waals surface area contributed by atoms with Crippen LogP contribution in [0.5, 0.6) is 5.75 Å². The molecule has 36 heavy (non-hydrogen) atoms. The molecule has 188 valence electrons. The molecule has 0 spiro atoms. The Morgan fingerprint density at radius 2 is 1.86 bits per heavy atom. The fourth-order valence-electron chi connectivity index (χ4n) is 3.86. The molecule has 0 fully saturated rings. The van der Waals surface area contributed by atoms with Crippen molar-refractivity contribution in [3.05, 3.63) is 82.9 Å². The molecule has 1 atom stereocenters. The molecule has 2 aromatic carbocycles. The molecule has 1 aromatic heterocycles. The predicted octanol–water partition coefficient (Wildman–Crippen LogP) is 2.93. The largest absolute Gasteiger partial charge is 0.383 e. The van der Waals surface area contributed by atoms with Crippen molar-refractivity contribution in [2.75, 3.05) is 26.5 Å². The van der Waals surface area contributed by atoms with Crippen LogP contribution in [-0.4, -0.2) is 56.7 Å². The third-order valence-electron chi connectivity index (χ3n) is 5.71. The Balaban J connectivity index is 1.79. The highest BCUT2D eigenvalue weighted by molar-refractivity contribution is 7.87. The van der Waals surface area contributed by atoms with E-state index in [0.717, 1.165) is 0 Å². The summed E-state index contributed by atoms with van der Waals surface area (Å²) >= 11 is 5.86. The summed E-state index contributed by atoms with van der Waals surface area (Å²) in [6, 6.07) is 14.0. The van der Waals surface area contributed by atoms with Crippen molar-refractivity contribution in [3.63, 3.8) is 0 Å². The van der Waals surface area contributed by atoms with Crippen molar-refractivity contribution in [2.45, 2.75) is 5.54 Å². The minimum Gasteiger partial charge on any atom is -0.383 e. The zero-order valence-electron chi connectivity index (χ0n) is 19.3. The number of carbonyl (C=O) groups excluding carboxylic acids is 1. The van der Waals surface area contributed by atoms with Gasteiger partial charge in [-0.3, -0.25) is 9.69 Å². The minimum absolute atomic E-state index is 0.00832. The molecule has 9 nitrogen and oxygen atoms in total. The van der Waals surface area contributed by atoms with Gasteiger partial charge in [0.2, 0.25) is 0 Å². The lowest BCUT2D eigenvalue weighted by Crippen LogP contribution is -2.41. The van der Waals surface area contributed by atoms with Gasteiger partial charge in [-0.05, 0) is 41.0 Å². The number of rotatable bonds is 8. The maximum absolute atomic E-state index is 14.7. The summed E-state index contributed by atoms with van der Waals surface area (Å²) in [5.74, 6) is -1.40. The van der Waals surface area contributed by atoms with E-state index in [2.05, 4.69) is 9.98 Å². The Kier molecular flexibility index (Phi) is 6.98. The molecule has 0 radical (unpaired) electrons. The van der Waals surface area contributed by atoms with Gasteiger partial charge in [-0.1, -0.05) is 41.9 Å². The normalized spacial score (nSPS) is 17.8. The second kappa shape index (κ2) is 9.84. The number of pyridine rings is 1. The first-order valence-electron chi connectivity index (χ1n) is 10.6. The number of benzene rings is 2. The first kappa shape index (κ1) is 25.5. The molecule has 4 rings (SSSR count). The number of amides is 1. The number of guanidine groups is 1. The van der Waals surface area contributed by atoms with Crippen LogP contribution in [0, 0.1) is 5.82 Å². The molecule has 1 aliphatic heterocycles. The smallest absolute Gasteiger partial charge is 0.311 e. The summed E-state index contributed by atoms with van der Waals surface area (Å²) in [5, 5.41) is -0.275. The van der Waals surface area contributed by atoms with Crippen molar-refractivity contribution in [1.29, 1.82) is 0 Å². The third-order valence-corrected chi connectivity index (χ3v) is 7.09. The summed E-state index contributed by atoms with van der Waals surface area (Å²) in [6.07, 6.45) is 1.38. The average Bonchev–Trinajstić information content (AvgIpc) is 3.09. The molecule has 0 aliphatic carbocycles. The summed E-state index contributed by atoms with van der Waals surface area (Å²) < 4.78 is 48.8. The summed E-state index contributed by atoms with van der Waals surface area (Å²) in [5.41, 5.74) is 5.92. The second-order valence-electron chi connectivity index (χ2n) is 7.95. The molecular weight excluding hydrogens is 511 g/mol. The van der Waals surface area contributed by atoms with E-state index in [1.807, 2.05) is 0 Å². The van der Waals surface area contributed by atoms with Crippen LogP contribution in [0.25, 0.3) is 11.1 Å². The van der Waals surface area contributed by atoms with E-state index >= 15 is 0 Å². The predicted molar refractivity (Wildman–Crippen MR) is 133 cm³/mol. The van der Waals surface area contributed by atoms with Gasteiger partial charge in [0.05, 0.1) is 6.61 Å². The van der Waals surface area contributed by atoms with Gasteiger partial charge in [0.25, 0.3) is 5.91 Å². The number of carbonyl (C=O) groups is 1. The SMILES string of the molecule is COCCS(=O)(=O)Oc1ccc(C2(c3cccc(-c4ccnc(Cl)c4F)c3)N=C(N)N(C)C2=O)cc1. The van der Waals surface area contributed by atoms with Gasteiger partial charge in [-0.15, -0.1) is 0 Å². The lowest BCUT2D eigenvalue weighted by Gasteiger charge is -2.26. The molecule has 0 bridgehead atoms. The maximum atomic E-state index is 14.7. The first-order valence-corrected chi connectivity index (χ1v) is 12.6. The van der Waals surface area contributed by atoms with Crippen molar-refractivity contribution < 1.29 is 26.5 Å². The van der Waals surface area contributed by atoms with Gasteiger partial charge >= 0.3 is 10.1 Å². The van der Waals surface area contributed by atoms with Gasteiger partial charge < -0.3 is 14.7 Å². The number of nitrogens with two attached hydrogens (primary N) is 1. The fraction of sp³-hybridized carbons (Fsp3) is 0.208. The zero-order chi connectivity index (χ0) is 26.1. The highest BCUT2D eigenvalue weighted by Gasteiger charge is 2.49. The molecule has 2 heterocycles. The van der Waals surface area contributed by atoms with Crippen LogP contribution in [0.15, 0.2) is 65.8 Å². The van der Waals surface area contributed by atoms with Crippen LogP contribution in [0.2, 0.25) is 5.15 Å². The Bertz CT molecular complexity index is 1450. The summed E-state index contributed by atoms with van der Waals surface area (Å²) in [4.78, 5) is 23.0. The van der Waals surface area contributed by atoms with Crippen molar-refractivity contribution >= 4 is 33.6 Å². The number of likely N-dealkylation sites (N-methyl/N-ethyl adjacent to an activating group) is 1. The molecule has 1 unspecified atom stereocenters. The topological polar surface area (TPSA) is 124 Å². The van der Waals surface area contributed by atoms with E-state index < -0.39 is 27.4 Å². The molecule has 12 heteroatoms. The number of aliphatic imine (C=N–C) groups is 1. The molecule has 3 aromatic rings. The Morgan fingerprint density at radius 1 is 1.14 bits per heavy atom. The zero-order valence-corrected chi connectivity index (χ0v) is 20.9. The number of aromatic nitrogens is 1. The fourth-order valence-corrected chi connectivity index (χ4v) is 4.88. The lowest BCUT2D eigenvalue weighted by molar-refractivity contribution is -0.129. The van der Waals surface area contributed by atoms with E-state index in [9.17, 15) is 17.6 Å². The highest BCUT2D eigenvalue weighted by Crippen LogP contribution is 2.41. The van der Waals surface area contributed by atoms with Crippen molar-refractivity contribution in [1.82, 2.24) is 9.88 Å². The summed E-state index contributed by atoms with van der Waals surface area (Å²) in [6.45, 7) is -0.0159. The van der Waals surface area contributed by atoms with Gasteiger partial charge in [0.1, 0.15) is 11.5 Å². The van der Waals surface area contributed by atoms with E-state index in [0.29, 0.717) is 16.7 Å². The van der Waals surface area contributed by atoms with Crippen molar-refractivity contribution in [3.8, 4) is 16.9 Å².